The quantitative estimate of drug-likeness (QED) is 0.299. The first-order valence-electron chi connectivity index (χ1n) is 8.78. The SMILES string of the molecule is COc1ccc(NC(=O)[C@@H](C)OC(=O)[C@@H](C)Sc2ccc(C)cc2)c([N+](=O)[O-])c1. The second kappa shape index (κ2) is 9.92. The number of aryl methyl sites for hydroxylation is 1. The molecule has 8 nitrogen and oxygen atoms in total. The van der Waals surface area contributed by atoms with Crippen LogP contribution in [0.25, 0.3) is 0 Å². The van der Waals surface area contributed by atoms with E-state index in [2.05, 4.69) is 5.32 Å². The Morgan fingerprint density at radius 1 is 1.14 bits per heavy atom. The minimum atomic E-state index is -1.12. The van der Waals surface area contributed by atoms with Crippen molar-refractivity contribution in [2.75, 3.05) is 12.4 Å². The largest absolute Gasteiger partial charge is 0.496 e. The predicted molar refractivity (Wildman–Crippen MR) is 110 cm³/mol. The molecule has 154 valence electrons. The van der Waals surface area contributed by atoms with Gasteiger partial charge in [0, 0.05) is 4.90 Å². The number of carbonyl (C=O) groups excluding carboxylic acids is 2. The van der Waals surface area contributed by atoms with Crippen LogP contribution in [-0.2, 0) is 14.3 Å². The maximum absolute atomic E-state index is 12.3. The van der Waals surface area contributed by atoms with E-state index in [1.807, 2.05) is 31.2 Å². The third kappa shape index (κ3) is 6.21. The maximum Gasteiger partial charge on any atom is 0.319 e. The van der Waals surface area contributed by atoms with Gasteiger partial charge in [0.1, 0.15) is 16.7 Å². The molecular formula is C20H22N2O6S. The van der Waals surface area contributed by atoms with Gasteiger partial charge in [-0.2, -0.15) is 0 Å². The van der Waals surface area contributed by atoms with Crippen molar-refractivity contribution in [2.45, 2.75) is 37.0 Å². The first-order valence-corrected chi connectivity index (χ1v) is 9.66. The first kappa shape index (κ1) is 22.2. The van der Waals surface area contributed by atoms with Crippen LogP contribution < -0.4 is 10.1 Å². The van der Waals surface area contributed by atoms with E-state index in [1.165, 1.54) is 44.0 Å². The van der Waals surface area contributed by atoms with E-state index < -0.39 is 28.2 Å². The lowest BCUT2D eigenvalue weighted by Gasteiger charge is -2.16. The van der Waals surface area contributed by atoms with Crippen molar-refractivity contribution in [1.29, 1.82) is 0 Å². The highest BCUT2D eigenvalue weighted by Gasteiger charge is 2.25. The first-order chi connectivity index (χ1) is 13.7. The number of anilines is 1. The van der Waals surface area contributed by atoms with Crippen LogP contribution in [0.1, 0.15) is 19.4 Å². The second-order valence-electron chi connectivity index (χ2n) is 6.28. The maximum atomic E-state index is 12.3. The van der Waals surface area contributed by atoms with Crippen molar-refractivity contribution in [3.8, 4) is 5.75 Å². The van der Waals surface area contributed by atoms with E-state index in [1.54, 1.807) is 6.92 Å². The molecule has 2 rings (SSSR count). The molecule has 9 heteroatoms. The molecule has 0 bridgehead atoms. The molecule has 0 unspecified atom stereocenters. The summed E-state index contributed by atoms with van der Waals surface area (Å²) in [5.41, 5.74) is 0.785. The third-order valence-corrected chi connectivity index (χ3v) is 5.08. The lowest BCUT2D eigenvalue weighted by molar-refractivity contribution is -0.384. The molecule has 0 heterocycles. The molecule has 0 radical (unpaired) electrons. The van der Waals surface area contributed by atoms with Crippen LogP contribution in [-0.4, -0.2) is 35.3 Å². The lowest BCUT2D eigenvalue weighted by atomic mass is 10.2. The highest BCUT2D eigenvalue weighted by molar-refractivity contribution is 8.00. The van der Waals surface area contributed by atoms with Crippen LogP contribution in [0.2, 0.25) is 0 Å². The summed E-state index contributed by atoms with van der Waals surface area (Å²) in [5, 5.41) is 13.1. The Labute approximate surface area is 172 Å². The van der Waals surface area contributed by atoms with Crippen molar-refractivity contribution in [2.24, 2.45) is 0 Å². The van der Waals surface area contributed by atoms with Gasteiger partial charge in [-0.15, -0.1) is 11.8 Å². The number of thioether (sulfide) groups is 1. The molecule has 2 aromatic carbocycles. The van der Waals surface area contributed by atoms with E-state index in [0.717, 1.165) is 10.5 Å². The minimum absolute atomic E-state index is 0.00854. The summed E-state index contributed by atoms with van der Waals surface area (Å²) < 4.78 is 10.2. The highest BCUT2D eigenvalue weighted by Crippen LogP contribution is 2.29. The summed E-state index contributed by atoms with van der Waals surface area (Å²) in [4.78, 5) is 36.1. The van der Waals surface area contributed by atoms with Gasteiger partial charge < -0.3 is 14.8 Å². The average molecular weight is 418 g/mol. The number of nitro benzene ring substituents is 1. The van der Waals surface area contributed by atoms with Gasteiger partial charge in [-0.3, -0.25) is 19.7 Å². The van der Waals surface area contributed by atoms with E-state index in [4.69, 9.17) is 9.47 Å². The third-order valence-electron chi connectivity index (χ3n) is 3.99. The summed E-state index contributed by atoms with van der Waals surface area (Å²) in [6.45, 7) is 5.07. The summed E-state index contributed by atoms with van der Waals surface area (Å²) in [6.07, 6.45) is -1.12. The van der Waals surface area contributed by atoms with Gasteiger partial charge in [-0.1, -0.05) is 17.7 Å². The Balaban J connectivity index is 1.98. The monoisotopic (exact) mass is 418 g/mol. The Morgan fingerprint density at radius 3 is 2.38 bits per heavy atom. The number of nitro groups is 1. The van der Waals surface area contributed by atoms with E-state index in [-0.39, 0.29) is 17.1 Å². The predicted octanol–water partition coefficient (Wildman–Crippen LogP) is 3.96. The van der Waals surface area contributed by atoms with Crippen molar-refractivity contribution < 1.29 is 24.0 Å². The van der Waals surface area contributed by atoms with Gasteiger partial charge in [-0.05, 0) is 45.0 Å². The Morgan fingerprint density at radius 2 is 1.79 bits per heavy atom. The van der Waals surface area contributed by atoms with Crippen LogP contribution in [0.4, 0.5) is 11.4 Å². The summed E-state index contributed by atoms with van der Waals surface area (Å²) in [6, 6.07) is 11.7. The zero-order valence-electron chi connectivity index (χ0n) is 16.5. The number of hydrogen-bond donors (Lipinski definition) is 1. The number of amides is 1. The summed E-state index contributed by atoms with van der Waals surface area (Å²) >= 11 is 1.32. The number of benzene rings is 2. The number of methoxy groups -OCH3 is 1. The molecule has 0 fully saturated rings. The van der Waals surface area contributed by atoms with Gasteiger partial charge >= 0.3 is 5.97 Å². The molecule has 0 aliphatic carbocycles. The number of ether oxygens (including phenoxy) is 2. The van der Waals surface area contributed by atoms with Crippen molar-refractivity contribution in [3.63, 3.8) is 0 Å². The summed E-state index contributed by atoms with van der Waals surface area (Å²) in [7, 11) is 1.38. The molecule has 0 saturated carbocycles. The molecule has 0 aliphatic rings. The molecule has 1 N–H and O–H groups in total. The molecular weight excluding hydrogens is 396 g/mol. The fraction of sp³-hybridized carbons (Fsp3) is 0.300. The fourth-order valence-electron chi connectivity index (χ4n) is 2.32. The number of hydrogen-bond acceptors (Lipinski definition) is 7. The molecule has 2 atom stereocenters. The molecule has 0 aromatic heterocycles. The Hall–Kier alpha value is -3.07. The number of nitrogens with zero attached hydrogens (tertiary/aromatic N) is 1. The van der Waals surface area contributed by atoms with Crippen LogP contribution in [0.5, 0.6) is 5.75 Å². The van der Waals surface area contributed by atoms with Gasteiger partial charge in [0.25, 0.3) is 11.6 Å². The van der Waals surface area contributed by atoms with Crippen molar-refractivity contribution in [3.05, 3.63) is 58.1 Å². The highest BCUT2D eigenvalue weighted by atomic mass is 32.2. The number of esters is 1. The van der Waals surface area contributed by atoms with E-state index in [0.29, 0.717) is 0 Å². The van der Waals surface area contributed by atoms with Gasteiger partial charge in [0.05, 0.1) is 18.1 Å². The molecule has 0 spiro atoms. The van der Waals surface area contributed by atoms with E-state index in [9.17, 15) is 19.7 Å². The van der Waals surface area contributed by atoms with Gasteiger partial charge in [0.2, 0.25) is 0 Å². The average Bonchev–Trinajstić information content (AvgIpc) is 2.69. The zero-order chi connectivity index (χ0) is 21.6. The van der Waals surface area contributed by atoms with Crippen LogP contribution >= 0.6 is 11.8 Å². The second-order valence-corrected chi connectivity index (χ2v) is 7.70. The van der Waals surface area contributed by atoms with Crippen molar-refractivity contribution >= 4 is 35.0 Å². The molecule has 29 heavy (non-hydrogen) atoms. The van der Waals surface area contributed by atoms with Crippen LogP contribution in [0.3, 0.4) is 0 Å². The molecule has 1 amide bonds. The van der Waals surface area contributed by atoms with E-state index >= 15 is 0 Å². The smallest absolute Gasteiger partial charge is 0.319 e. The Bertz CT molecular complexity index is 900. The number of nitrogens with one attached hydrogen (secondary N) is 1. The topological polar surface area (TPSA) is 108 Å². The lowest BCUT2D eigenvalue weighted by Crippen LogP contribution is -2.32. The van der Waals surface area contributed by atoms with Gasteiger partial charge in [0.15, 0.2) is 6.10 Å². The van der Waals surface area contributed by atoms with Crippen LogP contribution in [0.15, 0.2) is 47.4 Å². The normalized spacial score (nSPS) is 12.6. The molecule has 2 aromatic rings. The van der Waals surface area contributed by atoms with Crippen molar-refractivity contribution in [1.82, 2.24) is 0 Å². The molecule has 0 aliphatic heterocycles. The summed E-state index contributed by atoms with van der Waals surface area (Å²) in [5.74, 6) is -0.933. The zero-order valence-corrected chi connectivity index (χ0v) is 17.3. The number of carbonyl (C=O) groups is 2. The van der Waals surface area contributed by atoms with Gasteiger partial charge in [-0.25, -0.2) is 0 Å². The number of rotatable bonds is 8. The van der Waals surface area contributed by atoms with Crippen LogP contribution in [0, 0.1) is 17.0 Å². The standard InChI is InChI=1S/C20H22N2O6S/c1-12-5-8-16(9-6-12)29-14(3)20(24)28-13(2)19(23)21-17-10-7-15(27-4)11-18(17)22(25)26/h5-11,13-14H,1-4H3,(H,21,23)/t13-,14-/m1/s1. The molecule has 0 saturated heterocycles. The Kier molecular flexibility index (Phi) is 7.60. The fourth-order valence-corrected chi connectivity index (χ4v) is 3.18. The minimum Gasteiger partial charge on any atom is -0.496 e.